The van der Waals surface area contributed by atoms with E-state index in [-0.39, 0.29) is 23.2 Å². The van der Waals surface area contributed by atoms with E-state index in [1.807, 2.05) is 0 Å². The summed E-state index contributed by atoms with van der Waals surface area (Å²) in [5, 5.41) is 0.0720. The Hall–Kier alpha value is -2.24. The highest BCUT2D eigenvalue weighted by atomic mass is 35.5. The summed E-state index contributed by atoms with van der Waals surface area (Å²) in [4.78, 5) is 23.2. The van der Waals surface area contributed by atoms with Crippen molar-refractivity contribution in [2.24, 2.45) is 0 Å². The summed E-state index contributed by atoms with van der Waals surface area (Å²) in [6.45, 7) is 0.467. The van der Waals surface area contributed by atoms with Gasteiger partial charge in [0.25, 0.3) is 5.91 Å². The maximum atomic E-state index is 12.3. The molecule has 0 aromatic carbocycles. The molecule has 1 aromatic rings. The predicted molar refractivity (Wildman–Crippen MR) is 74.9 cm³/mol. The summed E-state index contributed by atoms with van der Waals surface area (Å²) in [6.07, 6.45) is 11.7. The number of anilines is 1. The molecule has 1 rings (SSSR count). The van der Waals surface area contributed by atoms with Crippen LogP contribution in [0.2, 0.25) is 5.15 Å². The van der Waals surface area contributed by atoms with Gasteiger partial charge in [0, 0.05) is 14.1 Å². The van der Waals surface area contributed by atoms with E-state index < -0.39 is 0 Å². The van der Waals surface area contributed by atoms with Gasteiger partial charge in [-0.1, -0.05) is 23.4 Å². The van der Waals surface area contributed by atoms with Gasteiger partial charge in [-0.2, -0.15) is 0 Å². The number of carbonyl (C=O) groups is 1. The molecule has 0 aliphatic carbocycles. The summed E-state index contributed by atoms with van der Waals surface area (Å²) < 4.78 is 0. The van der Waals surface area contributed by atoms with Crippen molar-refractivity contribution in [3.63, 3.8) is 0 Å². The monoisotopic (exact) mass is 276 g/mol. The van der Waals surface area contributed by atoms with E-state index in [1.54, 1.807) is 19.0 Å². The number of nitrogens with zero attached hydrogens (tertiary/aromatic N) is 4. The molecule has 0 spiro atoms. The maximum absolute atomic E-state index is 12.3. The average molecular weight is 277 g/mol. The van der Waals surface area contributed by atoms with Gasteiger partial charge in [0.1, 0.15) is 22.9 Å². The molecular weight excluding hydrogens is 264 g/mol. The van der Waals surface area contributed by atoms with E-state index in [9.17, 15) is 4.79 Å². The molecule has 0 bridgehead atoms. The number of terminal acetylenes is 2. The molecule has 1 aromatic heterocycles. The minimum absolute atomic E-state index is 0.0720. The number of halogens is 1. The van der Waals surface area contributed by atoms with E-state index >= 15 is 0 Å². The zero-order valence-corrected chi connectivity index (χ0v) is 11.5. The number of amides is 1. The summed E-state index contributed by atoms with van der Waals surface area (Å²) in [5.74, 6) is 4.89. The zero-order valence-electron chi connectivity index (χ0n) is 10.7. The van der Waals surface area contributed by atoms with Crippen molar-refractivity contribution < 1.29 is 4.79 Å². The normalized spacial score (nSPS) is 9.32. The molecule has 1 heterocycles. The van der Waals surface area contributed by atoms with E-state index in [4.69, 9.17) is 24.4 Å². The molecule has 0 saturated heterocycles. The number of aromatic nitrogens is 2. The highest BCUT2D eigenvalue weighted by Gasteiger charge is 2.22. The van der Waals surface area contributed by atoms with Gasteiger partial charge < -0.3 is 9.80 Å². The smallest absolute Gasteiger partial charge is 0.261 e. The number of rotatable bonds is 4. The van der Waals surface area contributed by atoms with Crippen molar-refractivity contribution in [3.8, 4) is 24.7 Å². The van der Waals surface area contributed by atoms with Crippen LogP contribution in [0.3, 0.4) is 0 Å². The third-order valence-corrected chi connectivity index (χ3v) is 2.65. The third-order valence-electron chi connectivity index (χ3n) is 2.36. The summed E-state index contributed by atoms with van der Waals surface area (Å²) in [7, 11) is 3.30. The van der Waals surface area contributed by atoms with E-state index in [1.165, 1.54) is 11.2 Å². The van der Waals surface area contributed by atoms with Crippen molar-refractivity contribution >= 4 is 23.3 Å². The molecule has 1 amide bonds. The summed E-state index contributed by atoms with van der Waals surface area (Å²) >= 11 is 5.98. The lowest BCUT2D eigenvalue weighted by Crippen LogP contribution is -2.30. The van der Waals surface area contributed by atoms with Gasteiger partial charge >= 0.3 is 0 Å². The second kappa shape index (κ2) is 6.63. The van der Waals surface area contributed by atoms with Gasteiger partial charge in [0.15, 0.2) is 0 Å². The molecule has 0 radical (unpaired) electrons. The first-order chi connectivity index (χ1) is 9.02. The second-order valence-electron chi connectivity index (χ2n) is 3.79. The molecule has 0 fully saturated rings. The molecule has 0 saturated carbocycles. The molecule has 0 aliphatic heterocycles. The number of hydrogen-bond donors (Lipinski definition) is 0. The highest BCUT2D eigenvalue weighted by molar-refractivity contribution is 6.33. The first-order valence-corrected chi connectivity index (χ1v) is 5.74. The number of carbonyl (C=O) groups excluding carboxylic acids is 1. The standard InChI is InChI=1S/C13H13ClN4O/c1-5-7-17(3)12-10(11(14)15-9-16-12)13(19)18(4)8-6-2/h1-2,9H,7-8H2,3-4H3. The van der Waals surface area contributed by atoms with Gasteiger partial charge in [-0.05, 0) is 0 Å². The van der Waals surface area contributed by atoms with Crippen LogP contribution in [0, 0.1) is 24.7 Å². The Labute approximate surface area is 117 Å². The van der Waals surface area contributed by atoms with Crippen molar-refractivity contribution in [3.05, 3.63) is 17.0 Å². The Kier molecular flexibility index (Phi) is 5.17. The van der Waals surface area contributed by atoms with Gasteiger partial charge in [0.2, 0.25) is 0 Å². The van der Waals surface area contributed by atoms with Crippen molar-refractivity contribution in [2.75, 3.05) is 32.1 Å². The fourth-order valence-corrected chi connectivity index (χ4v) is 1.65. The Balaban J connectivity index is 3.23. The summed E-state index contributed by atoms with van der Waals surface area (Å²) in [5.41, 5.74) is 0.194. The van der Waals surface area contributed by atoms with E-state index in [2.05, 4.69) is 21.8 Å². The fourth-order valence-electron chi connectivity index (χ4n) is 1.44. The molecule has 5 nitrogen and oxygen atoms in total. The molecule has 0 atom stereocenters. The first-order valence-electron chi connectivity index (χ1n) is 5.37. The van der Waals surface area contributed by atoms with Gasteiger partial charge in [0.05, 0.1) is 13.1 Å². The van der Waals surface area contributed by atoms with Crippen LogP contribution in [0.25, 0.3) is 0 Å². The van der Waals surface area contributed by atoms with Gasteiger partial charge in [-0.3, -0.25) is 4.79 Å². The quantitative estimate of drug-likeness (QED) is 0.606. The van der Waals surface area contributed by atoms with Crippen LogP contribution in [0.4, 0.5) is 5.82 Å². The predicted octanol–water partition coefficient (Wildman–Crippen LogP) is 0.905. The SMILES string of the molecule is C#CCN(C)C(=O)c1c(Cl)ncnc1N(C)CC#C. The Morgan fingerprint density at radius 1 is 1.32 bits per heavy atom. The fraction of sp³-hybridized carbons (Fsp3) is 0.308. The molecule has 0 unspecified atom stereocenters. The highest BCUT2D eigenvalue weighted by Crippen LogP contribution is 2.23. The van der Waals surface area contributed by atoms with Gasteiger partial charge in [-0.25, -0.2) is 9.97 Å². The van der Waals surface area contributed by atoms with Crippen LogP contribution in [-0.2, 0) is 0 Å². The van der Waals surface area contributed by atoms with Crippen LogP contribution < -0.4 is 4.90 Å². The van der Waals surface area contributed by atoms with E-state index in [0.29, 0.717) is 12.4 Å². The van der Waals surface area contributed by atoms with Crippen LogP contribution in [0.1, 0.15) is 10.4 Å². The van der Waals surface area contributed by atoms with Crippen LogP contribution >= 0.6 is 11.6 Å². The van der Waals surface area contributed by atoms with Crippen LogP contribution in [-0.4, -0.2) is 48.0 Å². The Morgan fingerprint density at radius 2 is 1.95 bits per heavy atom. The lowest BCUT2D eigenvalue weighted by Gasteiger charge is -2.21. The van der Waals surface area contributed by atoms with Gasteiger partial charge in [-0.15, -0.1) is 12.8 Å². The lowest BCUT2D eigenvalue weighted by molar-refractivity contribution is 0.0812. The minimum atomic E-state index is -0.345. The third kappa shape index (κ3) is 3.37. The topological polar surface area (TPSA) is 49.3 Å². The maximum Gasteiger partial charge on any atom is 0.261 e. The Bertz CT molecular complexity index is 559. The second-order valence-corrected chi connectivity index (χ2v) is 4.15. The summed E-state index contributed by atoms with van der Waals surface area (Å²) in [6, 6.07) is 0. The Morgan fingerprint density at radius 3 is 2.53 bits per heavy atom. The van der Waals surface area contributed by atoms with Crippen molar-refractivity contribution in [2.45, 2.75) is 0 Å². The van der Waals surface area contributed by atoms with Crippen molar-refractivity contribution in [1.82, 2.24) is 14.9 Å². The first kappa shape index (κ1) is 14.8. The minimum Gasteiger partial charge on any atom is -0.348 e. The van der Waals surface area contributed by atoms with Crippen LogP contribution in [0.5, 0.6) is 0 Å². The molecule has 6 heteroatoms. The van der Waals surface area contributed by atoms with Crippen molar-refractivity contribution in [1.29, 1.82) is 0 Å². The van der Waals surface area contributed by atoms with Crippen LogP contribution in [0.15, 0.2) is 6.33 Å². The molecule has 19 heavy (non-hydrogen) atoms. The molecule has 0 N–H and O–H groups in total. The zero-order chi connectivity index (χ0) is 14.4. The van der Waals surface area contributed by atoms with E-state index in [0.717, 1.165) is 0 Å². The molecule has 98 valence electrons. The average Bonchev–Trinajstić information content (AvgIpc) is 2.38. The molecular formula is C13H13ClN4O. The lowest BCUT2D eigenvalue weighted by atomic mass is 10.2. The molecule has 0 aliphatic rings. The largest absolute Gasteiger partial charge is 0.348 e. The number of hydrogen-bond acceptors (Lipinski definition) is 4.